The molecule has 25 heavy (non-hydrogen) atoms. The van der Waals surface area contributed by atoms with E-state index in [9.17, 15) is 18.0 Å². The van der Waals surface area contributed by atoms with Gasteiger partial charge in [0.25, 0.3) is 11.5 Å². The third-order valence-electron chi connectivity index (χ3n) is 4.50. The lowest BCUT2D eigenvalue weighted by Gasteiger charge is -2.23. The minimum Gasteiger partial charge on any atom is -0.354 e. The van der Waals surface area contributed by atoms with Crippen LogP contribution in [0.25, 0.3) is 10.8 Å². The number of nitrogens with zero attached hydrogens (tertiary/aromatic N) is 3. The number of carbonyl (C=O) groups excluding carboxylic acids is 1. The van der Waals surface area contributed by atoms with Crippen molar-refractivity contribution in [2.24, 2.45) is 0 Å². The van der Waals surface area contributed by atoms with Gasteiger partial charge >= 0.3 is 0 Å². The van der Waals surface area contributed by atoms with Gasteiger partial charge in [0, 0.05) is 18.5 Å². The second-order valence-electron chi connectivity index (χ2n) is 6.23. The van der Waals surface area contributed by atoms with Gasteiger partial charge in [0.1, 0.15) is 0 Å². The van der Waals surface area contributed by atoms with Crippen molar-refractivity contribution in [2.45, 2.75) is 19.1 Å². The van der Waals surface area contributed by atoms with Gasteiger partial charge in [0.15, 0.2) is 15.5 Å². The molecule has 0 spiro atoms. The number of hydrogen-bond acceptors (Lipinski definition) is 6. The Morgan fingerprint density at radius 2 is 2.04 bits per heavy atom. The number of aromatic nitrogens is 2. The van der Waals surface area contributed by atoms with E-state index < -0.39 is 9.84 Å². The van der Waals surface area contributed by atoms with Gasteiger partial charge in [-0.3, -0.25) is 14.5 Å². The minimum atomic E-state index is -3.02. The highest BCUT2D eigenvalue weighted by molar-refractivity contribution is 7.91. The van der Waals surface area contributed by atoms with Gasteiger partial charge in [-0.1, -0.05) is 18.2 Å². The largest absolute Gasteiger partial charge is 0.354 e. The van der Waals surface area contributed by atoms with Crippen LogP contribution in [-0.4, -0.2) is 60.6 Å². The van der Waals surface area contributed by atoms with Crippen molar-refractivity contribution < 1.29 is 13.2 Å². The van der Waals surface area contributed by atoms with Crippen LogP contribution in [0.15, 0.2) is 29.1 Å². The standard InChI is InChI=1S/C16H20N4O4S/c1-17-15(21)14-12-5-3-4-6-13(12)16(22)20(18-14)10-19(2)11-7-8-25(23,24)9-11/h3-6,11H,7-10H2,1-2H3,(H,17,21). The van der Waals surface area contributed by atoms with Crippen LogP contribution in [0.4, 0.5) is 0 Å². The molecule has 0 saturated carbocycles. The van der Waals surface area contributed by atoms with Crippen LogP contribution in [0.2, 0.25) is 0 Å². The van der Waals surface area contributed by atoms with Crippen LogP contribution in [0.5, 0.6) is 0 Å². The third-order valence-corrected chi connectivity index (χ3v) is 6.25. The zero-order valence-electron chi connectivity index (χ0n) is 14.1. The molecule has 134 valence electrons. The first kappa shape index (κ1) is 17.6. The first-order valence-electron chi connectivity index (χ1n) is 7.95. The van der Waals surface area contributed by atoms with Crippen molar-refractivity contribution in [1.29, 1.82) is 0 Å². The number of benzene rings is 1. The van der Waals surface area contributed by atoms with Gasteiger partial charge < -0.3 is 5.32 Å². The molecule has 0 bridgehead atoms. The predicted molar refractivity (Wildman–Crippen MR) is 94.2 cm³/mol. The van der Waals surface area contributed by atoms with Crippen molar-refractivity contribution in [3.63, 3.8) is 0 Å². The summed E-state index contributed by atoms with van der Waals surface area (Å²) in [5, 5.41) is 7.65. The minimum absolute atomic E-state index is 0.0775. The summed E-state index contributed by atoms with van der Waals surface area (Å²) in [7, 11) is 0.245. The fourth-order valence-corrected chi connectivity index (χ4v) is 4.87. The summed E-state index contributed by atoms with van der Waals surface area (Å²) in [6, 6.07) is 6.66. The van der Waals surface area contributed by atoms with Crippen molar-refractivity contribution in [3.05, 3.63) is 40.3 Å². The number of rotatable bonds is 4. The molecule has 2 heterocycles. The van der Waals surface area contributed by atoms with Crippen LogP contribution in [0.1, 0.15) is 16.9 Å². The fraction of sp³-hybridized carbons (Fsp3) is 0.438. The molecule has 1 aromatic heterocycles. The van der Waals surface area contributed by atoms with Gasteiger partial charge in [-0.15, -0.1) is 0 Å². The number of carbonyl (C=O) groups is 1. The van der Waals surface area contributed by atoms with Crippen molar-refractivity contribution in [1.82, 2.24) is 20.0 Å². The first-order valence-corrected chi connectivity index (χ1v) is 9.77. The molecule has 1 aliphatic heterocycles. The van der Waals surface area contributed by atoms with Gasteiger partial charge in [-0.05, 0) is 19.5 Å². The Balaban J connectivity index is 2.00. The molecule has 1 aliphatic rings. The van der Waals surface area contributed by atoms with E-state index in [1.54, 1.807) is 36.2 Å². The third kappa shape index (κ3) is 3.42. The van der Waals surface area contributed by atoms with Crippen molar-refractivity contribution in [3.8, 4) is 0 Å². The Morgan fingerprint density at radius 3 is 2.64 bits per heavy atom. The SMILES string of the molecule is CNC(=O)c1nn(CN(C)C2CCS(=O)(=O)C2)c(=O)c2ccccc12. The summed E-state index contributed by atoms with van der Waals surface area (Å²) >= 11 is 0. The molecule has 0 radical (unpaired) electrons. The van der Waals surface area contributed by atoms with Crippen LogP contribution in [-0.2, 0) is 16.5 Å². The Morgan fingerprint density at radius 1 is 1.36 bits per heavy atom. The molecule has 1 saturated heterocycles. The summed E-state index contributed by atoms with van der Waals surface area (Å²) < 4.78 is 24.5. The number of hydrogen-bond donors (Lipinski definition) is 1. The average molecular weight is 364 g/mol. The molecule has 1 N–H and O–H groups in total. The number of amides is 1. The van der Waals surface area contributed by atoms with E-state index in [4.69, 9.17) is 0 Å². The molecule has 1 aromatic carbocycles. The lowest BCUT2D eigenvalue weighted by Crippen LogP contribution is -2.39. The summed E-state index contributed by atoms with van der Waals surface area (Å²) in [6.07, 6.45) is 0.531. The molecule has 1 fully saturated rings. The quantitative estimate of drug-likeness (QED) is 0.808. The maximum absolute atomic E-state index is 12.7. The Bertz CT molecular complexity index is 983. The Kier molecular flexibility index (Phi) is 4.61. The van der Waals surface area contributed by atoms with E-state index in [1.807, 2.05) is 0 Å². The van der Waals surface area contributed by atoms with Crippen molar-refractivity contribution in [2.75, 3.05) is 25.6 Å². The van der Waals surface area contributed by atoms with Crippen molar-refractivity contribution >= 4 is 26.5 Å². The van der Waals surface area contributed by atoms with Gasteiger partial charge in [-0.2, -0.15) is 5.10 Å². The fourth-order valence-electron chi connectivity index (χ4n) is 3.07. The van der Waals surface area contributed by atoms with Crippen LogP contribution in [0.3, 0.4) is 0 Å². The van der Waals surface area contributed by atoms with E-state index in [-0.39, 0.29) is 41.4 Å². The molecule has 1 unspecified atom stereocenters. The highest BCUT2D eigenvalue weighted by Gasteiger charge is 2.31. The molecule has 0 aliphatic carbocycles. The first-order chi connectivity index (χ1) is 11.8. The van der Waals surface area contributed by atoms with Crippen LogP contribution >= 0.6 is 0 Å². The maximum atomic E-state index is 12.7. The van der Waals surface area contributed by atoms with Crippen LogP contribution < -0.4 is 10.9 Å². The van der Waals surface area contributed by atoms with E-state index in [0.717, 1.165) is 0 Å². The maximum Gasteiger partial charge on any atom is 0.275 e. The van der Waals surface area contributed by atoms with Crippen LogP contribution in [0, 0.1) is 0 Å². The van der Waals surface area contributed by atoms with E-state index in [0.29, 0.717) is 17.2 Å². The monoisotopic (exact) mass is 364 g/mol. The summed E-state index contributed by atoms with van der Waals surface area (Å²) in [6.45, 7) is 0.119. The Labute approximate surface area is 145 Å². The smallest absolute Gasteiger partial charge is 0.275 e. The second-order valence-corrected chi connectivity index (χ2v) is 8.46. The summed E-state index contributed by atoms with van der Waals surface area (Å²) in [5.74, 6) is -0.143. The zero-order valence-corrected chi connectivity index (χ0v) is 14.9. The number of fused-ring (bicyclic) bond motifs is 1. The lowest BCUT2D eigenvalue weighted by molar-refractivity contribution is 0.0955. The lowest BCUT2D eigenvalue weighted by atomic mass is 10.1. The molecular weight excluding hydrogens is 344 g/mol. The normalized spacial score (nSPS) is 19.4. The van der Waals surface area contributed by atoms with E-state index in [1.165, 1.54) is 11.7 Å². The molecule has 9 heteroatoms. The van der Waals surface area contributed by atoms with Gasteiger partial charge in [0.2, 0.25) is 0 Å². The average Bonchev–Trinajstić information content (AvgIpc) is 2.96. The highest BCUT2D eigenvalue weighted by Crippen LogP contribution is 2.17. The van der Waals surface area contributed by atoms with Gasteiger partial charge in [-0.25, -0.2) is 13.1 Å². The summed E-state index contributed by atoms with van der Waals surface area (Å²) in [5.41, 5.74) is -0.138. The molecule has 3 rings (SSSR count). The second kappa shape index (κ2) is 6.57. The number of nitrogens with one attached hydrogen (secondary N) is 1. The van der Waals surface area contributed by atoms with E-state index >= 15 is 0 Å². The molecule has 1 atom stereocenters. The topological polar surface area (TPSA) is 101 Å². The van der Waals surface area contributed by atoms with Gasteiger partial charge in [0.05, 0.1) is 23.6 Å². The zero-order chi connectivity index (χ0) is 18.2. The molecule has 1 amide bonds. The van der Waals surface area contributed by atoms with E-state index in [2.05, 4.69) is 10.4 Å². The number of sulfone groups is 1. The highest BCUT2D eigenvalue weighted by atomic mass is 32.2. The summed E-state index contributed by atoms with van der Waals surface area (Å²) in [4.78, 5) is 26.6. The predicted octanol–water partition coefficient (Wildman–Crippen LogP) is -0.167. The molecule has 8 nitrogen and oxygen atoms in total. The molecular formula is C16H20N4O4S. The molecule has 2 aromatic rings. The Hall–Kier alpha value is -2.26.